The summed E-state index contributed by atoms with van der Waals surface area (Å²) in [4.78, 5) is 25.3. The van der Waals surface area contributed by atoms with Crippen molar-refractivity contribution in [2.24, 2.45) is 10.5 Å². The van der Waals surface area contributed by atoms with Crippen LogP contribution < -0.4 is 0 Å². The Balaban J connectivity index is 5.17. The van der Waals surface area contributed by atoms with Crippen molar-refractivity contribution in [2.75, 3.05) is 5.75 Å². The van der Waals surface area contributed by atoms with Gasteiger partial charge in [-0.2, -0.15) is 11.8 Å². The van der Waals surface area contributed by atoms with E-state index >= 15 is 0 Å². The molecule has 0 aliphatic heterocycles. The molecule has 6 nitrogen and oxygen atoms in total. The average molecular weight is 259 g/mol. The summed E-state index contributed by atoms with van der Waals surface area (Å²) in [7, 11) is 0. The molecule has 0 aliphatic rings. The van der Waals surface area contributed by atoms with Crippen molar-refractivity contribution in [3.05, 3.63) is 10.4 Å². The molecule has 7 heteroatoms. The van der Waals surface area contributed by atoms with Gasteiger partial charge in [-0.25, -0.2) is 0 Å². The second kappa shape index (κ2) is 5.93. The van der Waals surface area contributed by atoms with Crippen molar-refractivity contribution in [1.82, 2.24) is 0 Å². The maximum absolute atomic E-state index is 11.6. The Labute approximate surface area is 104 Å². The first-order chi connectivity index (χ1) is 7.69. The molecule has 0 saturated heterocycles. The van der Waals surface area contributed by atoms with Crippen LogP contribution in [-0.2, 0) is 9.59 Å². The molecule has 0 heterocycles. The number of carboxylic acids is 1. The summed E-state index contributed by atoms with van der Waals surface area (Å²) in [5.41, 5.74) is 6.62. The van der Waals surface area contributed by atoms with Gasteiger partial charge in [-0.1, -0.05) is 27.7 Å². The third-order valence-corrected chi connectivity index (χ3v) is 3.81. The molecule has 0 aliphatic carbocycles. The molecule has 17 heavy (non-hydrogen) atoms. The molecule has 1 N–H and O–H groups in total. The standard InChI is InChI=1S/C10H17N3O3S/c1-5-10(8(15)16,7(14)12-13-11)6-17-9(2,3)4/h5-6H2,1-4H3,(H,15,16)/t10-/m0/s1. The van der Waals surface area contributed by atoms with E-state index in [1.165, 1.54) is 11.8 Å². The van der Waals surface area contributed by atoms with Crippen LogP contribution >= 0.6 is 11.8 Å². The minimum Gasteiger partial charge on any atom is -0.480 e. The lowest BCUT2D eigenvalue weighted by Crippen LogP contribution is -2.41. The highest BCUT2D eigenvalue weighted by molar-refractivity contribution is 8.00. The molecule has 0 radical (unpaired) electrons. The minimum atomic E-state index is -1.62. The van der Waals surface area contributed by atoms with E-state index in [0.29, 0.717) is 0 Å². The Hall–Kier alpha value is -1.20. The molecule has 0 saturated carbocycles. The van der Waals surface area contributed by atoms with E-state index in [0.717, 1.165) is 0 Å². The third-order valence-electron chi connectivity index (χ3n) is 2.31. The molecule has 0 bridgehead atoms. The monoisotopic (exact) mass is 259 g/mol. The summed E-state index contributed by atoms with van der Waals surface area (Å²) in [6.45, 7) is 7.38. The van der Waals surface area contributed by atoms with Crippen LogP contribution in [0.15, 0.2) is 5.11 Å². The zero-order chi connectivity index (χ0) is 13.7. The van der Waals surface area contributed by atoms with E-state index in [9.17, 15) is 14.7 Å². The number of thioether (sulfide) groups is 1. The SMILES string of the molecule is CC[C@@](CSC(C)(C)C)(C(=O)O)C(=O)N=[N+]=[N-]. The van der Waals surface area contributed by atoms with E-state index in [4.69, 9.17) is 5.53 Å². The van der Waals surface area contributed by atoms with E-state index in [1.54, 1.807) is 6.92 Å². The highest BCUT2D eigenvalue weighted by Crippen LogP contribution is 2.35. The molecule has 1 amide bonds. The highest BCUT2D eigenvalue weighted by atomic mass is 32.2. The van der Waals surface area contributed by atoms with Gasteiger partial charge in [0, 0.05) is 15.4 Å². The summed E-state index contributed by atoms with van der Waals surface area (Å²) in [6, 6.07) is 0. The van der Waals surface area contributed by atoms with Gasteiger partial charge >= 0.3 is 5.97 Å². The normalized spacial score (nSPS) is 14.6. The second-order valence-corrected chi connectivity index (χ2v) is 6.44. The quantitative estimate of drug-likeness (QED) is 0.355. The van der Waals surface area contributed by atoms with Crippen molar-refractivity contribution in [3.63, 3.8) is 0 Å². The maximum Gasteiger partial charge on any atom is 0.318 e. The van der Waals surface area contributed by atoms with Gasteiger partial charge in [0.1, 0.15) is 5.41 Å². The number of azide groups is 1. The fourth-order valence-electron chi connectivity index (χ4n) is 1.10. The first-order valence-corrected chi connectivity index (χ1v) is 6.15. The van der Waals surface area contributed by atoms with E-state index in [1.807, 2.05) is 20.8 Å². The van der Waals surface area contributed by atoms with Crippen LogP contribution in [0.3, 0.4) is 0 Å². The number of aliphatic carboxylic acids is 1. The Kier molecular flexibility index (Phi) is 5.51. The number of carbonyl (C=O) groups is 2. The fourth-order valence-corrected chi connectivity index (χ4v) is 2.23. The van der Waals surface area contributed by atoms with Crippen molar-refractivity contribution in [3.8, 4) is 0 Å². The first-order valence-electron chi connectivity index (χ1n) is 5.16. The zero-order valence-corrected chi connectivity index (χ0v) is 11.2. The highest BCUT2D eigenvalue weighted by Gasteiger charge is 2.44. The van der Waals surface area contributed by atoms with Gasteiger partial charge < -0.3 is 5.11 Å². The molecule has 0 spiro atoms. The van der Waals surface area contributed by atoms with Gasteiger partial charge in [-0.05, 0) is 17.1 Å². The predicted octanol–water partition coefficient (Wildman–Crippen LogP) is 2.84. The van der Waals surface area contributed by atoms with Crippen LogP contribution in [0, 0.1) is 5.41 Å². The number of nitrogens with zero attached hydrogens (tertiary/aromatic N) is 3. The summed E-state index contributed by atoms with van der Waals surface area (Å²) in [5, 5.41) is 12.1. The Morgan fingerprint density at radius 3 is 2.24 bits per heavy atom. The topological polar surface area (TPSA) is 103 Å². The van der Waals surface area contributed by atoms with E-state index < -0.39 is 17.3 Å². The second-order valence-electron chi connectivity index (χ2n) is 4.64. The van der Waals surface area contributed by atoms with Gasteiger partial charge in [0.15, 0.2) is 0 Å². The first kappa shape index (κ1) is 15.8. The number of amides is 1. The van der Waals surface area contributed by atoms with Gasteiger partial charge in [0.25, 0.3) is 0 Å². The molecule has 0 aromatic heterocycles. The van der Waals surface area contributed by atoms with Crippen molar-refractivity contribution in [2.45, 2.75) is 38.9 Å². The number of hydrogen-bond acceptors (Lipinski definition) is 3. The fraction of sp³-hybridized carbons (Fsp3) is 0.800. The molecule has 1 atom stereocenters. The van der Waals surface area contributed by atoms with Crippen LogP contribution in [0.4, 0.5) is 0 Å². The number of rotatable bonds is 5. The maximum atomic E-state index is 11.6. The molecular formula is C10H17N3O3S. The average Bonchev–Trinajstić information content (AvgIpc) is 2.17. The minimum absolute atomic E-state index is 0.0974. The summed E-state index contributed by atoms with van der Waals surface area (Å²) in [6.07, 6.45) is 0.100. The van der Waals surface area contributed by atoms with Crippen LogP contribution in [0.2, 0.25) is 0 Å². The largest absolute Gasteiger partial charge is 0.480 e. The lowest BCUT2D eigenvalue weighted by atomic mass is 9.87. The Morgan fingerprint density at radius 2 is 1.94 bits per heavy atom. The zero-order valence-electron chi connectivity index (χ0n) is 10.4. The van der Waals surface area contributed by atoms with Crippen molar-refractivity contribution >= 4 is 23.6 Å². The van der Waals surface area contributed by atoms with E-state index in [2.05, 4.69) is 10.0 Å². The molecule has 0 aromatic carbocycles. The van der Waals surface area contributed by atoms with Crippen molar-refractivity contribution in [1.29, 1.82) is 0 Å². The molecule has 0 fully saturated rings. The van der Waals surface area contributed by atoms with Crippen LogP contribution in [0.5, 0.6) is 0 Å². The Morgan fingerprint density at radius 1 is 1.41 bits per heavy atom. The molecular weight excluding hydrogens is 242 g/mol. The number of carbonyl (C=O) groups excluding carboxylic acids is 1. The molecule has 0 unspecified atom stereocenters. The smallest absolute Gasteiger partial charge is 0.318 e. The van der Waals surface area contributed by atoms with Gasteiger partial charge in [0.2, 0.25) is 5.91 Å². The van der Waals surface area contributed by atoms with Crippen LogP contribution in [0.1, 0.15) is 34.1 Å². The van der Waals surface area contributed by atoms with Gasteiger partial charge in [0.05, 0.1) is 0 Å². The van der Waals surface area contributed by atoms with E-state index in [-0.39, 0.29) is 16.9 Å². The predicted molar refractivity (Wildman–Crippen MR) is 66.7 cm³/mol. The molecule has 0 rings (SSSR count). The molecule has 96 valence electrons. The van der Waals surface area contributed by atoms with Gasteiger partial charge in [-0.3, -0.25) is 9.59 Å². The molecule has 0 aromatic rings. The Bertz CT molecular complexity index is 358. The number of hydrogen-bond donors (Lipinski definition) is 1. The lowest BCUT2D eigenvalue weighted by Gasteiger charge is -2.28. The summed E-state index contributed by atoms with van der Waals surface area (Å²) < 4.78 is -0.160. The summed E-state index contributed by atoms with van der Waals surface area (Å²) in [5.74, 6) is -2.07. The number of carboxylic acid groups (broad SMARTS) is 1. The summed E-state index contributed by atoms with van der Waals surface area (Å²) >= 11 is 1.36. The van der Waals surface area contributed by atoms with Crippen LogP contribution in [0.25, 0.3) is 10.4 Å². The lowest BCUT2D eigenvalue weighted by molar-refractivity contribution is -0.153. The third kappa shape index (κ3) is 4.28. The van der Waals surface area contributed by atoms with Gasteiger partial charge in [-0.15, -0.1) is 0 Å². The van der Waals surface area contributed by atoms with Crippen LogP contribution in [-0.4, -0.2) is 27.5 Å². The van der Waals surface area contributed by atoms with Crippen molar-refractivity contribution < 1.29 is 14.7 Å².